The van der Waals surface area contributed by atoms with Crippen molar-refractivity contribution in [3.05, 3.63) is 47.7 Å². The van der Waals surface area contributed by atoms with E-state index in [2.05, 4.69) is 22.5 Å². The normalized spacial score (nSPS) is 23.0. The lowest BCUT2D eigenvalue weighted by atomic mass is 9.85. The Hall–Kier alpha value is -4.52. The molecule has 7 rings (SSSR count). The monoisotopic (exact) mass is 715 g/mol. The Labute approximate surface area is 301 Å². The number of carbonyl (C=O) groups is 4. The number of hydrogen-bond acceptors (Lipinski definition) is 9. The third kappa shape index (κ3) is 7.88. The van der Waals surface area contributed by atoms with Crippen LogP contribution in [0.25, 0.3) is 11.0 Å². The number of nitrogens with zero attached hydrogens (tertiary/aromatic N) is 3. The summed E-state index contributed by atoms with van der Waals surface area (Å²) < 4.78 is 17.4. The van der Waals surface area contributed by atoms with Crippen LogP contribution in [-0.4, -0.2) is 96.6 Å². The van der Waals surface area contributed by atoms with Crippen LogP contribution in [0.4, 0.5) is 11.4 Å². The summed E-state index contributed by atoms with van der Waals surface area (Å²) in [5.74, 6) is 3.18. The van der Waals surface area contributed by atoms with Crippen molar-refractivity contribution in [1.29, 1.82) is 0 Å². The molecule has 2 aromatic carbocycles. The van der Waals surface area contributed by atoms with Gasteiger partial charge in [0.1, 0.15) is 5.58 Å². The van der Waals surface area contributed by atoms with Gasteiger partial charge in [-0.15, -0.1) is 0 Å². The number of furan rings is 1. The second kappa shape index (κ2) is 15.4. The molecule has 0 radical (unpaired) electrons. The van der Waals surface area contributed by atoms with E-state index >= 15 is 0 Å². The lowest BCUT2D eigenvalue weighted by molar-refractivity contribution is -0.122. The smallest absolute Gasteiger partial charge is 0.289 e. The minimum Gasteiger partial charge on any atom is -0.493 e. The van der Waals surface area contributed by atoms with Crippen LogP contribution >= 0.6 is 11.8 Å². The standard InChI is InChI=1S/C38H45N5O7S/c1-23-16-28-21-39-30-20-33(32(48-2)19-29(30)37(46)43(28)22-23)49-13-3-4-35(44)40-26-8-5-24(6-9-26)36(45)41-27-10-7-25-17-34(50-31(25)18-27)38(47)42-11-14-51-15-12-42/h7,10,17-21,23-24,26,28H,3-6,8-9,11-16,22H2,1-2H3,(H,40,44)(H,41,45)/t23?,24-,26-,28-/m0/s1. The van der Waals surface area contributed by atoms with Crippen LogP contribution in [0.15, 0.2) is 45.8 Å². The van der Waals surface area contributed by atoms with Crippen LogP contribution < -0.4 is 20.1 Å². The third-order valence-electron chi connectivity index (χ3n) is 10.3. The van der Waals surface area contributed by atoms with Crippen molar-refractivity contribution in [2.75, 3.05) is 50.2 Å². The Kier molecular flexibility index (Phi) is 10.5. The molecule has 1 aliphatic carbocycles. The van der Waals surface area contributed by atoms with E-state index in [-0.39, 0.29) is 41.6 Å². The first-order valence-electron chi connectivity index (χ1n) is 18.0. The van der Waals surface area contributed by atoms with E-state index in [4.69, 9.17) is 13.9 Å². The van der Waals surface area contributed by atoms with Gasteiger partial charge in [-0.2, -0.15) is 11.8 Å². The van der Waals surface area contributed by atoms with E-state index in [1.807, 2.05) is 39.9 Å². The van der Waals surface area contributed by atoms with Crippen molar-refractivity contribution in [2.24, 2.45) is 16.8 Å². The number of thioether (sulfide) groups is 1. The van der Waals surface area contributed by atoms with Gasteiger partial charge in [-0.25, -0.2) is 0 Å². The molecule has 1 aromatic heterocycles. The molecule has 0 spiro atoms. The molecule has 4 heterocycles. The lowest BCUT2D eigenvalue weighted by Gasteiger charge is -2.28. The number of fused-ring (bicyclic) bond motifs is 3. The summed E-state index contributed by atoms with van der Waals surface area (Å²) in [7, 11) is 1.54. The predicted molar refractivity (Wildman–Crippen MR) is 196 cm³/mol. The maximum Gasteiger partial charge on any atom is 0.289 e. The summed E-state index contributed by atoms with van der Waals surface area (Å²) in [5, 5.41) is 6.96. The quantitative estimate of drug-likeness (QED) is 0.256. The molecule has 12 nitrogen and oxygen atoms in total. The van der Waals surface area contributed by atoms with Gasteiger partial charge in [0.15, 0.2) is 17.3 Å². The van der Waals surface area contributed by atoms with Gasteiger partial charge in [0.2, 0.25) is 11.8 Å². The number of aliphatic imine (C=N–C) groups is 1. The van der Waals surface area contributed by atoms with Gasteiger partial charge >= 0.3 is 0 Å². The Balaban J connectivity index is 0.841. The van der Waals surface area contributed by atoms with Crippen LogP contribution in [0, 0.1) is 11.8 Å². The molecule has 1 saturated carbocycles. The second-order valence-electron chi connectivity index (χ2n) is 14.0. The van der Waals surface area contributed by atoms with Gasteiger partial charge in [0.05, 0.1) is 31.0 Å². The number of anilines is 1. The highest BCUT2D eigenvalue weighted by molar-refractivity contribution is 7.99. The van der Waals surface area contributed by atoms with Crippen molar-refractivity contribution in [3.63, 3.8) is 0 Å². The van der Waals surface area contributed by atoms with Crippen molar-refractivity contribution in [3.8, 4) is 11.5 Å². The van der Waals surface area contributed by atoms with E-state index in [0.717, 1.165) is 49.2 Å². The summed E-state index contributed by atoms with van der Waals surface area (Å²) in [6.07, 6.45) is 6.36. The lowest BCUT2D eigenvalue weighted by Crippen LogP contribution is -2.39. The van der Waals surface area contributed by atoms with E-state index in [1.165, 1.54) is 0 Å². The average Bonchev–Trinajstić information content (AvgIpc) is 3.72. The molecule has 3 aliphatic heterocycles. The zero-order valence-electron chi connectivity index (χ0n) is 29.2. The fourth-order valence-electron chi connectivity index (χ4n) is 7.48. The molecule has 3 aromatic rings. The fraction of sp³-hybridized carbons (Fsp3) is 0.500. The molecule has 2 N–H and O–H groups in total. The largest absolute Gasteiger partial charge is 0.493 e. The van der Waals surface area contributed by atoms with Crippen molar-refractivity contribution in [1.82, 2.24) is 15.1 Å². The van der Waals surface area contributed by atoms with E-state index in [1.54, 1.807) is 31.4 Å². The van der Waals surface area contributed by atoms with Gasteiger partial charge in [-0.1, -0.05) is 6.92 Å². The fourth-order valence-corrected chi connectivity index (χ4v) is 8.38. The number of benzene rings is 2. The first-order chi connectivity index (χ1) is 24.7. The maximum absolute atomic E-state index is 13.2. The summed E-state index contributed by atoms with van der Waals surface area (Å²) in [6, 6.07) is 10.7. The molecule has 4 amide bonds. The molecule has 1 unspecified atom stereocenters. The Morgan fingerprint density at radius 2 is 1.84 bits per heavy atom. The zero-order valence-corrected chi connectivity index (χ0v) is 30.0. The third-order valence-corrected chi connectivity index (χ3v) is 11.2. The highest BCUT2D eigenvalue weighted by atomic mass is 32.2. The van der Waals surface area contributed by atoms with Crippen LogP contribution in [0.5, 0.6) is 11.5 Å². The van der Waals surface area contributed by atoms with Gasteiger partial charge in [-0.3, -0.25) is 24.2 Å². The SMILES string of the molecule is COc1cc2c(cc1OCCCC(=O)N[C@H]1CC[C@H](C(=O)Nc3ccc4cc(C(=O)N5CCSCC5)oc4c3)CC1)N=C[C@@H]1CC(C)CN1C2=O. The number of amides is 4. The van der Waals surface area contributed by atoms with E-state index < -0.39 is 0 Å². The summed E-state index contributed by atoms with van der Waals surface area (Å²) >= 11 is 1.85. The summed E-state index contributed by atoms with van der Waals surface area (Å²) in [5.41, 5.74) is 2.27. The first kappa shape index (κ1) is 34.9. The topological polar surface area (TPSA) is 143 Å². The highest BCUT2D eigenvalue weighted by Crippen LogP contribution is 2.39. The number of carbonyl (C=O) groups excluding carboxylic acids is 4. The molecule has 2 saturated heterocycles. The molecule has 2 atom stereocenters. The molecular weight excluding hydrogens is 671 g/mol. The second-order valence-corrected chi connectivity index (χ2v) is 15.2. The predicted octanol–water partition coefficient (Wildman–Crippen LogP) is 5.67. The first-order valence-corrected chi connectivity index (χ1v) is 19.1. The summed E-state index contributed by atoms with van der Waals surface area (Å²) in [6.45, 7) is 4.59. The van der Waals surface area contributed by atoms with Crippen LogP contribution in [0.2, 0.25) is 0 Å². The van der Waals surface area contributed by atoms with Gasteiger partial charge in [-0.05, 0) is 68.7 Å². The van der Waals surface area contributed by atoms with Gasteiger partial charge in [0.25, 0.3) is 11.8 Å². The number of methoxy groups -OCH3 is 1. The number of ether oxygens (including phenoxy) is 2. The average molecular weight is 716 g/mol. The number of hydrogen-bond donors (Lipinski definition) is 2. The Bertz CT molecular complexity index is 1830. The molecule has 3 fully saturated rings. The van der Waals surface area contributed by atoms with Crippen molar-refractivity contribution in [2.45, 2.75) is 64.0 Å². The highest BCUT2D eigenvalue weighted by Gasteiger charge is 2.36. The summed E-state index contributed by atoms with van der Waals surface area (Å²) in [4.78, 5) is 60.3. The maximum atomic E-state index is 13.2. The minimum absolute atomic E-state index is 0.00155. The molecular formula is C38H45N5O7S. The van der Waals surface area contributed by atoms with E-state index in [9.17, 15) is 19.2 Å². The van der Waals surface area contributed by atoms with Crippen molar-refractivity contribution >= 4 is 63.9 Å². The molecule has 51 heavy (non-hydrogen) atoms. The van der Waals surface area contributed by atoms with Crippen LogP contribution in [0.3, 0.4) is 0 Å². The van der Waals surface area contributed by atoms with Gasteiger partial charge in [0, 0.05) is 78.9 Å². The van der Waals surface area contributed by atoms with E-state index in [0.29, 0.717) is 84.5 Å². The number of rotatable bonds is 10. The number of nitrogens with one attached hydrogen (secondary N) is 2. The Morgan fingerprint density at radius 3 is 2.63 bits per heavy atom. The molecule has 4 aliphatic rings. The molecule has 13 heteroatoms. The Morgan fingerprint density at radius 1 is 1.04 bits per heavy atom. The minimum atomic E-state index is -0.149. The molecule has 270 valence electrons. The molecule has 0 bridgehead atoms. The van der Waals surface area contributed by atoms with Crippen LogP contribution in [-0.2, 0) is 9.59 Å². The van der Waals surface area contributed by atoms with Crippen molar-refractivity contribution < 1.29 is 33.1 Å². The van der Waals surface area contributed by atoms with Crippen LogP contribution in [0.1, 0.15) is 72.8 Å². The van der Waals surface area contributed by atoms with Gasteiger partial charge < -0.3 is 34.3 Å². The zero-order chi connectivity index (χ0) is 35.5.